The maximum atomic E-state index is 12.8. The quantitative estimate of drug-likeness (QED) is 0.835. The lowest BCUT2D eigenvalue weighted by atomic mass is 9.96. The minimum Gasteiger partial charge on any atom is -0.378 e. The van der Waals surface area contributed by atoms with Crippen molar-refractivity contribution in [3.8, 4) is 11.3 Å². The highest BCUT2D eigenvalue weighted by Gasteiger charge is 2.31. The molecule has 2 aromatic rings. The average Bonchev–Trinajstić information content (AvgIpc) is 2.75. The van der Waals surface area contributed by atoms with E-state index in [4.69, 9.17) is 9.72 Å². The maximum Gasteiger partial charge on any atom is 0.227 e. The molecule has 0 spiro atoms. The number of rotatable bonds is 3. The van der Waals surface area contributed by atoms with Gasteiger partial charge in [-0.1, -0.05) is 0 Å². The van der Waals surface area contributed by atoms with Gasteiger partial charge in [-0.3, -0.25) is 9.78 Å². The molecule has 1 amide bonds. The van der Waals surface area contributed by atoms with Crippen LogP contribution in [0.15, 0.2) is 36.8 Å². The summed E-state index contributed by atoms with van der Waals surface area (Å²) in [5.74, 6) is 0.930. The van der Waals surface area contributed by atoms with Crippen molar-refractivity contribution in [2.45, 2.75) is 12.8 Å². The van der Waals surface area contributed by atoms with Gasteiger partial charge in [-0.05, 0) is 31.0 Å². The minimum absolute atomic E-state index is 0.00694. The fourth-order valence-electron chi connectivity index (χ4n) is 3.58. The molecule has 0 aromatic carbocycles. The molecule has 0 saturated carbocycles. The highest BCUT2D eigenvalue weighted by Crippen LogP contribution is 2.24. The normalized spacial score (nSPS) is 20.8. The molecule has 1 atom stereocenters. The zero-order chi connectivity index (χ0) is 17.8. The second kappa shape index (κ2) is 7.78. The number of ether oxygens (including phenoxy) is 1. The van der Waals surface area contributed by atoms with Crippen molar-refractivity contribution < 1.29 is 9.53 Å². The number of pyridine rings is 1. The van der Waals surface area contributed by atoms with Crippen molar-refractivity contribution in [3.05, 3.63) is 36.8 Å². The fraction of sp³-hybridized carbons (Fsp3) is 0.474. The highest BCUT2D eigenvalue weighted by atomic mass is 16.5. The van der Waals surface area contributed by atoms with Crippen molar-refractivity contribution in [1.82, 2.24) is 19.9 Å². The van der Waals surface area contributed by atoms with Crippen LogP contribution in [0.4, 0.5) is 5.95 Å². The Kier molecular flexibility index (Phi) is 5.06. The van der Waals surface area contributed by atoms with Crippen LogP contribution in [0.2, 0.25) is 0 Å². The Balaban J connectivity index is 1.48. The van der Waals surface area contributed by atoms with Crippen LogP contribution in [-0.4, -0.2) is 65.2 Å². The van der Waals surface area contributed by atoms with Crippen LogP contribution in [0.25, 0.3) is 11.3 Å². The van der Waals surface area contributed by atoms with Gasteiger partial charge in [0.05, 0.1) is 24.8 Å². The number of hydrogen-bond donors (Lipinski definition) is 0. The summed E-state index contributed by atoms with van der Waals surface area (Å²) in [6, 6.07) is 5.77. The minimum atomic E-state index is 0.00694. The van der Waals surface area contributed by atoms with E-state index in [2.05, 4.69) is 14.9 Å². The molecule has 7 heteroatoms. The van der Waals surface area contributed by atoms with E-state index in [1.165, 1.54) is 0 Å². The summed E-state index contributed by atoms with van der Waals surface area (Å²) >= 11 is 0. The number of piperidine rings is 1. The predicted octanol–water partition coefficient (Wildman–Crippen LogP) is 1.61. The van der Waals surface area contributed by atoms with E-state index in [1.807, 2.05) is 23.1 Å². The summed E-state index contributed by atoms with van der Waals surface area (Å²) in [6.45, 7) is 4.22. The van der Waals surface area contributed by atoms with Crippen molar-refractivity contribution in [2.75, 3.05) is 44.3 Å². The molecule has 0 aliphatic carbocycles. The summed E-state index contributed by atoms with van der Waals surface area (Å²) in [5.41, 5.74) is 1.82. The Bertz CT molecular complexity index is 749. The largest absolute Gasteiger partial charge is 0.378 e. The van der Waals surface area contributed by atoms with E-state index in [9.17, 15) is 4.79 Å². The third-order valence-corrected chi connectivity index (χ3v) is 4.98. The van der Waals surface area contributed by atoms with Crippen molar-refractivity contribution in [2.24, 2.45) is 5.92 Å². The first-order valence-corrected chi connectivity index (χ1v) is 9.16. The van der Waals surface area contributed by atoms with E-state index in [-0.39, 0.29) is 11.8 Å². The van der Waals surface area contributed by atoms with Gasteiger partial charge in [0.2, 0.25) is 11.9 Å². The molecule has 2 fully saturated rings. The van der Waals surface area contributed by atoms with Crippen molar-refractivity contribution in [1.29, 1.82) is 0 Å². The summed E-state index contributed by atoms with van der Waals surface area (Å²) in [6.07, 6.45) is 7.22. The first-order valence-electron chi connectivity index (χ1n) is 9.16. The Morgan fingerprint density at radius 1 is 1.15 bits per heavy atom. The molecule has 0 unspecified atom stereocenters. The van der Waals surface area contributed by atoms with Crippen LogP contribution in [0.1, 0.15) is 12.8 Å². The maximum absolute atomic E-state index is 12.8. The van der Waals surface area contributed by atoms with E-state index in [0.29, 0.717) is 38.8 Å². The smallest absolute Gasteiger partial charge is 0.227 e. The molecule has 4 rings (SSSR count). The third-order valence-electron chi connectivity index (χ3n) is 4.98. The van der Waals surface area contributed by atoms with Crippen molar-refractivity contribution in [3.63, 3.8) is 0 Å². The Morgan fingerprint density at radius 2 is 2.04 bits per heavy atom. The summed E-state index contributed by atoms with van der Waals surface area (Å²) < 4.78 is 5.35. The molecule has 26 heavy (non-hydrogen) atoms. The SMILES string of the molecule is O=C([C@H]1CCCN(c2nccc(-c3cccnc3)n2)C1)N1CCOCC1. The molecule has 2 aliphatic rings. The second-order valence-corrected chi connectivity index (χ2v) is 6.71. The number of aromatic nitrogens is 3. The highest BCUT2D eigenvalue weighted by molar-refractivity contribution is 5.79. The lowest BCUT2D eigenvalue weighted by Crippen LogP contribution is -2.48. The number of amides is 1. The number of morpholine rings is 1. The predicted molar refractivity (Wildman–Crippen MR) is 97.6 cm³/mol. The molecular formula is C19H23N5O2. The van der Waals surface area contributed by atoms with Crippen LogP contribution >= 0.6 is 0 Å². The molecule has 2 aliphatic heterocycles. The van der Waals surface area contributed by atoms with Crippen LogP contribution in [0.3, 0.4) is 0 Å². The Morgan fingerprint density at radius 3 is 2.85 bits per heavy atom. The van der Waals surface area contributed by atoms with Crippen LogP contribution in [0.5, 0.6) is 0 Å². The molecule has 7 nitrogen and oxygen atoms in total. The monoisotopic (exact) mass is 353 g/mol. The first kappa shape index (κ1) is 16.9. The molecular weight excluding hydrogens is 330 g/mol. The molecule has 136 valence electrons. The number of nitrogens with zero attached hydrogens (tertiary/aromatic N) is 5. The van der Waals surface area contributed by atoms with Gasteiger partial charge in [-0.2, -0.15) is 0 Å². The molecule has 0 N–H and O–H groups in total. The number of anilines is 1. The Hall–Kier alpha value is -2.54. The molecule has 4 heterocycles. The summed E-state index contributed by atoms with van der Waals surface area (Å²) in [4.78, 5) is 30.2. The van der Waals surface area contributed by atoms with Gasteiger partial charge in [0.15, 0.2) is 0 Å². The average molecular weight is 353 g/mol. The third kappa shape index (κ3) is 3.67. The topological polar surface area (TPSA) is 71.5 Å². The van der Waals surface area contributed by atoms with Gasteiger partial charge in [0.25, 0.3) is 0 Å². The van der Waals surface area contributed by atoms with Crippen LogP contribution in [-0.2, 0) is 9.53 Å². The van der Waals surface area contributed by atoms with Crippen molar-refractivity contribution >= 4 is 11.9 Å². The zero-order valence-corrected chi connectivity index (χ0v) is 14.8. The van der Waals surface area contributed by atoms with Gasteiger partial charge in [-0.15, -0.1) is 0 Å². The summed E-state index contributed by atoms with van der Waals surface area (Å²) in [7, 11) is 0. The number of carbonyl (C=O) groups excluding carboxylic acids is 1. The molecule has 2 aromatic heterocycles. The molecule has 2 saturated heterocycles. The second-order valence-electron chi connectivity index (χ2n) is 6.71. The standard InChI is InChI=1S/C19H23N5O2/c25-18(23-9-11-26-12-10-23)16-4-2-8-24(14-16)19-21-7-5-17(22-19)15-3-1-6-20-13-15/h1,3,5-7,13,16H,2,4,8-12,14H2/t16-/m0/s1. The lowest BCUT2D eigenvalue weighted by Gasteiger charge is -2.36. The summed E-state index contributed by atoms with van der Waals surface area (Å²) in [5, 5.41) is 0. The molecule has 0 radical (unpaired) electrons. The van der Waals surface area contributed by atoms with E-state index in [1.54, 1.807) is 18.6 Å². The van der Waals surface area contributed by atoms with E-state index in [0.717, 1.165) is 30.6 Å². The molecule has 0 bridgehead atoms. The number of carbonyl (C=O) groups is 1. The van der Waals surface area contributed by atoms with Gasteiger partial charge in [0, 0.05) is 50.3 Å². The fourth-order valence-corrected chi connectivity index (χ4v) is 3.58. The van der Waals surface area contributed by atoms with Crippen LogP contribution < -0.4 is 4.90 Å². The Labute approximate surface area is 153 Å². The van der Waals surface area contributed by atoms with Gasteiger partial charge < -0.3 is 14.5 Å². The zero-order valence-electron chi connectivity index (χ0n) is 14.8. The van der Waals surface area contributed by atoms with Gasteiger partial charge >= 0.3 is 0 Å². The first-order chi connectivity index (χ1) is 12.8. The van der Waals surface area contributed by atoms with E-state index >= 15 is 0 Å². The number of hydrogen-bond acceptors (Lipinski definition) is 6. The van der Waals surface area contributed by atoms with Gasteiger partial charge in [-0.25, -0.2) is 9.97 Å². The van der Waals surface area contributed by atoms with Crippen LogP contribution in [0, 0.1) is 5.92 Å². The lowest BCUT2D eigenvalue weighted by molar-refractivity contribution is -0.139. The van der Waals surface area contributed by atoms with E-state index < -0.39 is 0 Å². The van der Waals surface area contributed by atoms with Gasteiger partial charge in [0.1, 0.15) is 0 Å².